The summed E-state index contributed by atoms with van der Waals surface area (Å²) in [5, 5.41) is 11.5. The summed E-state index contributed by atoms with van der Waals surface area (Å²) < 4.78 is 0. The van der Waals surface area contributed by atoms with E-state index in [1.165, 1.54) is 6.42 Å². The predicted molar refractivity (Wildman–Crippen MR) is 92.7 cm³/mol. The fraction of sp³-hybridized carbons (Fsp3) is 0.500. The van der Waals surface area contributed by atoms with E-state index in [4.69, 9.17) is 4.98 Å². The number of pyridine rings is 2. The minimum atomic E-state index is -0.837. The Morgan fingerprint density at radius 3 is 2.57 bits per heavy atom. The number of hydrogen-bond donors (Lipinski definition) is 1. The Labute approximate surface area is 138 Å². The molecule has 1 aliphatic carbocycles. The fourth-order valence-electron chi connectivity index (χ4n) is 4.00. The molecule has 0 amide bonds. The number of nitrogens with zero attached hydrogens (tertiary/aromatic N) is 2. The molecule has 0 saturated heterocycles. The maximum atomic E-state index is 11.5. The quantitative estimate of drug-likeness (QED) is 0.912. The van der Waals surface area contributed by atoms with Crippen LogP contribution in [-0.4, -0.2) is 15.1 Å². The van der Waals surface area contributed by atoms with Crippen LogP contribution in [0.5, 0.6) is 0 Å². The summed E-state index contributed by atoms with van der Waals surface area (Å²) in [6, 6.07) is 11.7. The normalized spacial score (nSPS) is 28.0. The second kappa shape index (κ2) is 6.40. The average molecular weight is 310 g/mol. The molecule has 2 aromatic rings. The first-order valence-corrected chi connectivity index (χ1v) is 8.62. The van der Waals surface area contributed by atoms with Crippen LogP contribution >= 0.6 is 0 Å². The molecule has 1 aliphatic rings. The van der Waals surface area contributed by atoms with Crippen molar-refractivity contribution < 1.29 is 5.11 Å². The second-order valence-corrected chi connectivity index (χ2v) is 7.28. The Hall–Kier alpha value is -1.74. The van der Waals surface area contributed by atoms with Crippen LogP contribution in [0.15, 0.2) is 42.6 Å². The molecule has 0 unspecified atom stereocenters. The lowest BCUT2D eigenvalue weighted by molar-refractivity contribution is -0.0896. The van der Waals surface area contributed by atoms with Crippen LogP contribution in [0.25, 0.3) is 11.4 Å². The first-order chi connectivity index (χ1) is 11.0. The number of rotatable bonds is 3. The minimum Gasteiger partial charge on any atom is -0.383 e. The standard InChI is InChI=1S/C20H26N2O/c1-14(2)16-11-10-15(3)13-20(16,23)19-9-6-8-18(22-19)17-7-4-5-12-21-17/h4-9,12,14-16,23H,10-11,13H2,1-3H3/t15-,16+,20+/m0/s1. The molecule has 0 spiro atoms. The van der Waals surface area contributed by atoms with Gasteiger partial charge in [0.25, 0.3) is 0 Å². The van der Waals surface area contributed by atoms with E-state index in [0.717, 1.165) is 29.9 Å². The van der Waals surface area contributed by atoms with Gasteiger partial charge in [-0.25, -0.2) is 4.98 Å². The molecule has 0 aliphatic heterocycles. The first kappa shape index (κ1) is 16.1. The summed E-state index contributed by atoms with van der Waals surface area (Å²) in [7, 11) is 0. The number of aliphatic hydroxyl groups is 1. The van der Waals surface area contributed by atoms with Gasteiger partial charge in [0.15, 0.2) is 0 Å². The lowest BCUT2D eigenvalue weighted by Crippen LogP contribution is -2.43. The molecule has 3 rings (SSSR count). The zero-order chi connectivity index (χ0) is 16.4. The summed E-state index contributed by atoms with van der Waals surface area (Å²) in [5.41, 5.74) is 1.64. The van der Waals surface area contributed by atoms with Crippen molar-refractivity contribution in [1.29, 1.82) is 0 Å². The van der Waals surface area contributed by atoms with E-state index in [9.17, 15) is 5.11 Å². The first-order valence-electron chi connectivity index (χ1n) is 8.62. The zero-order valence-electron chi connectivity index (χ0n) is 14.2. The molecule has 1 N–H and O–H groups in total. The van der Waals surface area contributed by atoms with Gasteiger partial charge in [-0.2, -0.15) is 0 Å². The van der Waals surface area contributed by atoms with Crippen LogP contribution in [0, 0.1) is 17.8 Å². The van der Waals surface area contributed by atoms with Crippen LogP contribution < -0.4 is 0 Å². The van der Waals surface area contributed by atoms with Gasteiger partial charge in [-0.05, 0) is 54.9 Å². The van der Waals surface area contributed by atoms with Gasteiger partial charge in [0.2, 0.25) is 0 Å². The molecule has 1 fully saturated rings. The third-order valence-electron chi connectivity index (χ3n) is 5.17. The summed E-state index contributed by atoms with van der Waals surface area (Å²) in [5.74, 6) is 1.22. The highest BCUT2D eigenvalue weighted by Crippen LogP contribution is 2.46. The second-order valence-electron chi connectivity index (χ2n) is 7.28. The Morgan fingerprint density at radius 2 is 1.87 bits per heavy atom. The van der Waals surface area contributed by atoms with Crippen molar-refractivity contribution >= 4 is 0 Å². The van der Waals surface area contributed by atoms with Crippen molar-refractivity contribution in [2.24, 2.45) is 17.8 Å². The Kier molecular flexibility index (Phi) is 4.49. The van der Waals surface area contributed by atoms with Gasteiger partial charge in [-0.3, -0.25) is 4.98 Å². The smallest absolute Gasteiger partial charge is 0.110 e. The van der Waals surface area contributed by atoms with Gasteiger partial charge in [-0.1, -0.05) is 39.3 Å². The molecule has 0 radical (unpaired) electrons. The topological polar surface area (TPSA) is 46.0 Å². The van der Waals surface area contributed by atoms with Crippen LogP contribution in [0.3, 0.4) is 0 Å². The third kappa shape index (κ3) is 3.16. The average Bonchev–Trinajstić information content (AvgIpc) is 2.55. The van der Waals surface area contributed by atoms with Crippen LogP contribution in [0.1, 0.15) is 45.7 Å². The Balaban J connectivity index is 2.02. The van der Waals surface area contributed by atoms with E-state index in [1.54, 1.807) is 6.20 Å². The lowest BCUT2D eigenvalue weighted by atomic mass is 9.65. The zero-order valence-corrected chi connectivity index (χ0v) is 14.2. The Bertz CT molecular complexity index is 656. The van der Waals surface area contributed by atoms with Crippen molar-refractivity contribution in [1.82, 2.24) is 9.97 Å². The van der Waals surface area contributed by atoms with Crippen molar-refractivity contribution in [3.8, 4) is 11.4 Å². The molecule has 23 heavy (non-hydrogen) atoms. The molecule has 0 bridgehead atoms. The molecule has 122 valence electrons. The van der Waals surface area contributed by atoms with Crippen molar-refractivity contribution in [3.63, 3.8) is 0 Å². The maximum absolute atomic E-state index is 11.5. The highest BCUT2D eigenvalue weighted by molar-refractivity contribution is 5.53. The van der Waals surface area contributed by atoms with Gasteiger partial charge in [-0.15, -0.1) is 0 Å². The molecule has 3 atom stereocenters. The highest BCUT2D eigenvalue weighted by Gasteiger charge is 2.45. The van der Waals surface area contributed by atoms with Crippen molar-refractivity contribution in [2.45, 2.75) is 45.6 Å². The fourth-order valence-corrected chi connectivity index (χ4v) is 4.00. The van der Waals surface area contributed by atoms with E-state index in [1.807, 2.05) is 36.4 Å². The van der Waals surface area contributed by atoms with Crippen LogP contribution in [-0.2, 0) is 5.60 Å². The van der Waals surface area contributed by atoms with E-state index in [-0.39, 0.29) is 5.92 Å². The van der Waals surface area contributed by atoms with Gasteiger partial charge >= 0.3 is 0 Å². The van der Waals surface area contributed by atoms with E-state index in [2.05, 4.69) is 25.8 Å². The van der Waals surface area contributed by atoms with E-state index >= 15 is 0 Å². The Morgan fingerprint density at radius 1 is 1.09 bits per heavy atom. The van der Waals surface area contributed by atoms with E-state index < -0.39 is 5.60 Å². The maximum Gasteiger partial charge on any atom is 0.110 e. The molecule has 2 heterocycles. The number of aromatic nitrogens is 2. The molecular formula is C20H26N2O. The van der Waals surface area contributed by atoms with Crippen molar-refractivity contribution in [3.05, 3.63) is 48.3 Å². The molecule has 0 aromatic carbocycles. The van der Waals surface area contributed by atoms with Gasteiger partial charge in [0.05, 0.1) is 17.1 Å². The molecule has 2 aromatic heterocycles. The predicted octanol–water partition coefficient (Wildman–Crippen LogP) is 4.42. The van der Waals surface area contributed by atoms with Gasteiger partial charge in [0, 0.05) is 6.20 Å². The molecule has 3 heteroatoms. The summed E-state index contributed by atoms with van der Waals surface area (Å²) in [4.78, 5) is 9.18. The SMILES string of the molecule is CC(C)[C@H]1CC[C@H](C)C[C@]1(O)c1cccc(-c2ccccn2)n1. The summed E-state index contributed by atoms with van der Waals surface area (Å²) >= 11 is 0. The molecule has 3 nitrogen and oxygen atoms in total. The molecular weight excluding hydrogens is 284 g/mol. The summed E-state index contributed by atoms with van der Waals surface area (Å²) in [6.45, 7) is 6.63. The minimum absolute atomic E-state index is 0.255. The lowest BCUT2D eigenvalue weighted by Gasteiger charge is -2.44. The van der Waals surface area contributed by atoms with Gasteiger partial charge in [0.1, 0.15) is 5.60 Å². The van der Waals surface area contributed by atoms with Crippen LogP contribution in [0.4, 0.5) is 0 Å². The monoisotopic (exact) mass is 310 g/mol. The van der Waals surface area contributed by atoms with Crippen LogP contribution in [0.2, 0.25) is 0 Å². The third-order valence-corrected chi connectivity index (χ3v) is 5.17. The van der Waals surface area contributed by atoms with Gasteiger partial charge < -0.3 is 5.11 Å². The number of hydrogen-bond acceptors (Lipinski definition) is 3. The molecule has 1 saturated carbocycles. The van der Waals surface area contributed by atoms with E-state index in [0.29, 0.717) is 11.8 Å². The van der Waals surface area contributed by atoms with Crippen molar-refractivity contribution in [2.75, 3.05) is 0 Å². The summed E-state index contributed by atoms with van der Waals surface area (Å²) in [6.07, 6.45) is 4.81. The largest absolute Gasteiger partial charge is 0.383 e. The highest BCUT2D eigenvalue weighted by atomic mass is 16.3.